The van der Waals surface area contributed by atoms with Gasteiger partial charge in [-0.3, -0.25) is 4.79 Å². The van der Waals surface area contributed by atoms with Crippen LogP contribution >= 0.6 is 0 Å². The van der Waals surface area contributed by atoms with E-state index in [4.69, 9.17) is 4.74 Å². The largest absolute Gasteiger partial charge is 0.497 e. The standard InChI is InChI=1S/C17H25N3O3/c1-3-4-10-18-16(21)15-9-6-11-20(15)17(22)19-13-7-5-8-14(12-13)23-2/h5,7-8,12,15H,3-4,6,9-11H2,1-2H3,(H,18,21)(H,19,22)/t15-/m1/s1. The van der Waals surface area contributed by atoms with E-state index in [9.17, 15) is 9.59 Å². The molecular formula is C17H25N3O3. The summed E-state index contributed by atoms with van der Waals surface area (Å²) in [7, 11) is 1.58. The highest BCUT2D eigenvalue weighted by atomic mass is 16.5. The van der Waals surface area contributed by atoms with Crippen molar-refractivity contribution in [2.75, 3.05) is 25.5 Å². The number of likely N-dealkylation sites (tertiary alicyclic amines) is 1. The molecular weight excluding hydrogens is 294 g/mol. The number of rotatable bonds is 6. The first-order chi connectivity index (χ1) is 11.2. The van der Waals surface area contributed by atoms with E-state index in [1.54, 1.807) is 24.1 Å². The molecule has 1 fully saturated rings. The molecule has 126 valence electrons. The molecule has 2 rings (SSSR count). The number of anilines is 1. The van der Waals surface area contributed by atoms with Gasteiger partial charge in [0.15, 0.2) is 0 Å². The Kier molecular flexibility index (Phi) is 6.26. The van der Waals surface area contributed by atoms with E-state index in [1.807, 2.05) is 12.1 Å². The van der Waals surface area contributed by atoms with Crippen molar-refractivity contribution in [2.24, 2.45) is 0 Å². The summed E-state index contributed by atoms with van der Waals surface area (Å²) in [5.41, 5.74) is 0.659. The van der Waals surface area contributed by atoms with Gasteiger partial charge in [0.2, 0.25) is 5.91 Å². The molecule has 1 atom stereocenters. The smallest absolute Gasteiger partial charge is 0.322 e. The molecule has 1 aliphatic heterocycles. The number of benzene rings is 1. The van der Waals surface area contributed by atoms with Crippen LogP contribution in [-0.2, 0) is 4.79 Å². The van der Waals surface area contributed by atoms with Crippen molar-refractivity contribution >= 4 is 17.6 Å². The summed E-state index contributed by atoms with van der Waals surface area (Å²) in [4.78, 5) is 26.3. The highest BCUT2D eigenvalue weighted by molar-refractivity contribution is 5.94. The molecule has 0 radical (unpaired) electrons. The lowest BCUT2D eigenvalue weighted by Crippen LogP contribution is -2.47. The number of nitrogens with one attached hydrogen (secondary N) is 2. The van der Waals surface area contributed by atoms with Crippen LogP contribution in [0.4, 0.5) is 10.5 Å². The molecule has 0 bridgehead atoms. The molecule has 0 saturated carbocycles. The minimum absolute atomic E-state index is 0.0586. The molecule has 1 heterocycles. The molecule has 6 heteroatoms. The van der Waals surface area contributed by atoms with Crippen LogP contribution < -0.4 is 15.4 Å². The van der Waals surface area contributed by atoms with Gasteiger partial charge in [-0.1, -0.05) is 19.4 Å². The fraction of sp³-hybridized carbons (Fsp3) is 0.529. The number of urea groups is 1. The van der Waals surface area contributed by atoms with E-state index >= 15 is 0 Å². The number of carbonyl (C=O) groups is 2. The Hall–Kier alpha value is -2.24. The van der Waals surface area contributed by atoms with E-state index in [-0.39, 0.29) is 18.0 Å². The van der Waals surface area contributed by atoms with Gasteiger partial charge in [-0.15, -0.1) is 0 Å². The number of methoxy groups -OCH3 is 1. The third-order valence-corrected chi connectivity index (χ3v) is 3.97. The lowest BCUT2D eigenvalue weighted by molar-refractivity contribution is -0.124. The fourth-order valence-electron chi connectivity index (χ4n) is 2.68. The van der Waals surface area contributed by atoms with Crippen LogP contribution in [0.25, 0.3) is 0 Å². The van der Waals surface area contributed by atoms with Crippen LogP contribution in [-0.4, -0.2) is 43.1 Å². The van der Waals surface area contributed by atoms with Crippen LogP contribution in [0.2, 0.25) is 0 Å². The normalized spacial score (nSPS) is 17.0. The Balaban J connectivity index is 1.95. The maximum atomic E-state index is 12.5. The average Bonchev–Trinajstić information content (AvgIpc) is 3.05. The number of ether oxygens (including phenoxy) is 1. The van der Waals surface area contributed by atoms with Crippen LogP contribution in [0.5, 0.6) is 5.75 Å². The van der Waals surface area contributed by atoms with Crippen LogP contribution in [0, 0.1) is 0 Å². The molecule has 0 spiro atoms. The maximum Gasteiger partial charge on any atom is 0.322 e. The third kappa shape index (κ3) is 4.61. The summed E-state index contributed by atoms with van der Waals surface area (Å²) < 4.78 is 5.15. The van der Waals surface area contributed by atoms with Gasteiger partial charge in [-0.05, 0) is 31.4 Å². The molecule has 1 aliphatic rings. The van der Waals surface area contributed by atoms with Gasteiger partial charge in [-0.25, -0.2) is 4.79 Å². The lowest BCUT2D eigenvalue weighted by atomic mass is 10.2. The predicted octanol–water partition coefficient (Wildman–Crippen LogP) is 2.61. The van der Waals surface area contributed by atoms with E-state index in [0.717, 1.165) is 19.3 Å². The first-order valence-electron chi connectivity index (χ1n) is 8.15. The fourth-order valence-corrected chi connectivity index (χ4v) is 2.68. The van der Waals surface area contributed by atoms with Crippen molar-refractivity contribution in [2.45, 2.75) is 38.6 Å². The van der Waals surface area contributed by atoms with E-state index < -0.39 is 0 Å². The van der Waals surface area contributed by atoms with Crippen molar-refractivity contribution in [1.82, 2.24) is 10.2 Å². The number of nitrogens with zero attached hydrogens (tertiary/aromatic N) is 1. The molecule has 2 N–H and O–H groups in total. The number of amides is 3. The Bertz CT molecular complexity index is 548. The molecule has 0 aromatic heterocycles. The third-order valence-electron chi connectivity index (χ3n) is 3.97. The lowest BCUT2D eigenvalue weighted by Gasteiger charge is -2.24. The van der Waals surface area contributed by atoms with Gasteiger partial charge in [-0.2, -0.15) is 0 Å². The predicted molar refractivity (Wildman–Crippen MR) is 89.7 cm³/mol. The zero-order valence-electron chi connectivity index (χ0n) is 13.8. The molecule has 3 amide bonds. The monoisotopic (exact) mass is 319 g/mol. The topological polar surface area (TPSA) is 70.7 Å². The maximum absolute atomic E-state index is 12.5. The zero-order chi connectivity index (χ0) is 16.7. The minimum atomic E-state index is -0.377. The summed E-state index contributed by atoms with van der Waals surface area (Å²) in [6.45, 7) is 3.34. The summed E-state index contributed by atoms with van der Waals surface area (Å²) in [5.74, 6) is 0.620. The molecule has 1 aromatic carbocycles. The van der Waals surface area contributed by atoms with Gasteiger partial charge in [0, 0.05) is 24.8 Å². The molecule has 1 aromatic rings. The first-order valence-corrected chi connectivity index (χ1v) is 8.15. The number of unbranched alkanes of at least 4 members (excludes halogenated alkanes) is 1. The number of hydrogen-bond acceptors (Lipinski definition) is 3. The number of carbonyl (C=O) groups excluding carboxylic acids is 2. The Morgan fingerprint density at radius 1 is 1.39 bits per heavy atom. The van der Waals surface area contributed by atoms with Crippen LogP contribution in [0.1, 0.15) is 32.6 Å². The molecule has 23 heavy (non-hydrogen) atoms. The van der Waals surface area contributed by atoms with Crippen molar-refractivity contribution < 1.29 is 14.3 Å². The van der Waals surface area contributed by atoms with Crippen molar-refractivity contribution in [3.05, 3.63) is 24.3 Å². The van der Waals surface area contributed by atoms with Crippen LogP contribution in [0.3, 0.4) is 0 Å². The van der Waals surface area contributed by atoms with Crippen molar-refractivity contribution in [1.29, 1.82) is 0 Å². The molecule has 1 saturated heterocycles. The summed E-state index contributed by atoms with van der Waals surface area (Å²) >= 11 is 0. The number of hydrogen-bond donors (Lipinski definition) is 2. The van der Waals surface area contributed by atoms with Crippen LogP contribution in [0.15, 0.2) is 24.3 Å². The average molecular weight is 319 g/mol. The quantitative estimate of drug-likeness (QED) is 0.792. The zero-order valence-corrected chi connectivity index (χ0v) is 13.8. The van der Waals surface area contributed by atoms with Gasteiger partial charge >= 0.3 is 6.03 Å². The van der Waals surface area contributed by atoms with E-state index in [2.05, 4.69) is 17.6 Å². The van der Waals surface area contributed by atoms with Crippen molar-refractivity contribution in [3.8, 4) is 5.75 Å². The summed E-state index contributed by atoms with van der Waals surface area (Å²) in [6.07, 6.45) is 3.54. The van der Waals surface area contributed by atoms with Gasteiger partial charge in [0.1, 0.15) is 11.8 Å². The molecule has 0 aliphatic carbocycles. The SMILES string of the molecule is CCCCNC(=O)[C@H]1CCCN1C(=O)Nc1cccc(OC)c1. The Morgan fingerprint density at radius 2 is 2.22 bits per heavy atom. The Labute approximate surface area is 137 Å². The second-order valence-electron chi connectivity index (χ2n) is 5.66. The summed E-state index contributed by atoms with van der Waals surface area (Å²) in [6, 6.07) is 6.56. The molecule has 0 unspecified atom stereocenters. The minimum Gasteiger partial charge on any atom is -0.497 e. The first kappa shape index (κ1) is 17.1. The van der Waals surface area contributed by atoms with Gasteiger partial charge in [0.05, 0.1) is 7.11 Å². The van der Waals surface area contributed by atoms with E-state index in [1.165, 1.54) is 0 Å². The second-order valence-corrected chi connectivity index (χ2v) is 5.66. The van der Waals surface area contributed by atoms with Crippen molar-refractivity contribution in [3.63, 3.8) is 0 Å². The second kappa shape index (κ2) is 8.41. The van der Waals surface area contributed by atoms with Gasteiger partial charge < -0.3 is 20.3 Å². The Morgan fingerprint density at radius 3 is 2.96 bits per heavy atom. The highest BCUT2D eigenvalue weighted by Crippen LogP contribution is 2.21. The van der Waals surface area contributed by atoms with E-state index in [0.29, 0.717) is 30.9 Å². The summed E-state index contributed by atoms with van der Waals surface area (Å²) in [5, 5.41) is 5.75. The highest BCUT2D eigenvalue weighted by Gasteiger charge is 2.33. The molecule has 6 nitrogen and oxygen atoms in total. The van der Waals surface area contributed by atoms with Gasteiger partial charge in [0.25, 0.3) is 0 Å².